The van der Waals surface area contributed by atoms with E-state index in [0.29, 0.717) is 18.2 Å². The van der Waals surface area contributed by atoms with E-state index in [-0.39, 0.29) is 0 Å². The lowest BCUT2D eigenvalue weighted by atomic mass is 9.92. The first-order valence-corrected chi connectivity index (χ1v) is 18.6. The number of hydrogen-bond acceptors (Lipinski definition) is 2. The Morgan fingerprint density at radius 3 is 2.00 bits per heavy atom. The fraction of sp³-hybridized carbons (Fsp3) is 0.0196. The highest BCUT2D eigenvalue weighted by atomic mass is 16.3. The fourth-order valence-corrected chi connectivity index (χ4v) is 7.86. The van der Waals surface area contributed by atoms with Crippen LogP contribution in [0.1, 0.15) is 16.7 Å². The normalized spacial score (nSPS) is 12.4. The summed E-state index contributed by atoms with van der Waals surface area (Å²) in [5.41, 5.74) is 15.8. The minimum absolute atomic E-state index is 0.374. The molecule has 0 saturated heterocycles. The number of hydrogen-bond donors (Lipinski definition) is 1. The average Bonchev–Trinajstić information content (AvgIpc) is 3.64. The molecule has 0 fully saturated rings. The van der Waals surface area contributed by atoms with Crippen LogP contribution in [0.2, 0.25) is 0 Å². The van der Waals surface area contributed by atoms with Crippen LogP contribution in [0.4, 0.5) is 0 Å². The monoisotopic (exact) mass is 705 g/mol. The third kappa shape index (κ3) is 5.91. The lowest BCUT2D eigenvalue weighted by Crippen LogP contribution is -2.17. The van der Waals surface area contributed by atoms with E-state index in [0.717, 1.165) is 60.9 Å². The van der Waals surface area contributed by atoms with Crippen molar-refractivity contribution in [2.75, 3.05) is 0 Å². The van der Waals surface area contributed by atoms with Crippen LogP contribution in [0.3, 0.4) is 0 Å². The summed E-state index contributed by atoms with van der Waals surface area (Å²) in [5.74, 6) is 0.942. The highest BCUT2D eigenvalue weighted by Crippen LogP contribution is 2.41. The first-order chi connectivity index (χ1) is 27.2. The van der Waals surface area contributed by atoms with Crippen molar-refractivity contribution in [3.63, 3.8) is 0 Å². The molecule has 260 valence electrons. The second kappa shape index (κ2) is 13.6. The van der Waals surface area contributed by atoms with Gasteiger partial charge in [-0.1, -0.05) is 170 Å². The number of fused-ring (bicyclic) bond motifs is 7. The van der Waals surface area contributed by atoms with Crippen LogP contribution in [-0.2, 0) is 6.54 Å². The van der Waals surface area contributed by atoms with Crippen LogP contribution in [-0.4, -0.2) is 11.7 Å². The Labute approximate surface area is 318 Å². The maximum Gasteiger partial charge on any atom is 0.157 e. The van der Waals surface area contributed by atoms with Crippen LogP contribution < -0.4 is 5.73 Å². The molecule has 0 aliphatic heterocycles. The molecule has 4 nitrogen and oxygen atoms in total. The Hall–Kier alpha value is -7.30. The van der Waals surface area contributed by atoms with Crippen molar-refractivity contribution >= 4 is 65.9 Å². The summed E-state index contributed by atoms with van der Waals surface area (Å²) in [7, 11) is 0. The number of para-hydroxylation sites is 1. The second-order valence-electron chi connectivity index (χ2n) is 13.9. The van der Waals surface area contributed by atoms with Crippen molar-refractivity contribution in [1.29, 1.82) is 0 Å². The summed E-state index contributed by atoms with van der Waals surface area (Å²) in [6.07, 6.45) is 0. The number of amidine groups is 2. The average molecular weight is 706 g/mol. The van der Waals surface area contributed by atoms with Crippen LogP contribution in [0.5, 0.6) is 0 Å². The minimum atomic E-state index is 0.374. The van der Waals surface area contributed by atoms with Gasteiger partial charge in [-0.2, -0.15) is 0 Å². The Bertz CT molecular complexity index is 3120. The summed E-state index contributed by atoms with van der Waals surface area (Å²) in [6, 6.07) is 65.4. The van der Waals surface area contributed by atoms with Gasteiger partial charge in [0, 0.05) is 27.5 Å². The highest BCUT2D eigenvalue weighted by Gasteiger charge is 2.19. The largest absolute Gasteiger partial charge is 0.455 e. The molecule has 1 heterocycles. The molecule has 0 radical (unpaired) electrons. The van der Waals surface area contributed by atoms with Crippen LogP contribution >= 0.6 is 0 Å². The van der Waals surface area contributed by atoms with Gasteiger partial charge in [-0.05, 0) is 72.8 Å². The van der Waals surface area contributed by atoms with E-state index >= 15 is 0 Å². The van der Waals surface area contributed by atoms with Gasteiger partial charge in [-0.25, -0.2) is 4.99 Å². The van der Waals surface area contributed by atoms with Crippen molar-refractivity contribution in [2.24, 2.45) is 15.7 Å². The molecule has 10 aromatic rings. The van der Waals surface area contributed by atoms with Gasteiger partial charge in [0.05, 0.1) is 6.54 Å². The van der Waals surface area contributed by atoms with Gasteiger partial charge < -0.3 is 10.2 Å². The molecule has 0 aliphatic rings. The van der Waals surface area contributed by atoms with Crippen molar-refractivity contribution in [2.45, 2.75) is 6.54 Å². The number of benzene rings is 9. The van der Waals surface area contributed by atoms with Crippen molar-refractivity contribution in [1.82, 2.24) is 0 Å². The van der Waals surface area contributed by atoms with Crippen molar-refractivity contribution in [3.8, 4) is 22.3 Å². The first kappa shape index (κ1) is 32.4. The smallest absolute Gasteiger partial charge is 0.157 e. The summed E-state index contributed by atoms with van der Waals surface area (Å²) in [4.78, 5) is 10.2. The molecule has 0 unspecified atom stereocenters. The van der Waals surface area contributed by atoms with Crippen LogP contribution in [0.25, 0.3) is 76.5 Å². The molecular weight excluding hydrogens is 671 g/mol. The van der Waals surface area contributed by atoms with E-state index in [9.17, 15) is 0 Å². The van der Waals surface area contributed by atoms with Crippen molar-refractivity contribution in [3.05, 3.63) is 205 Å². The summed E-state index contributed by atoms with van der Waals surface area (Å²) < 4.78 is 6.73. The van der Waals surface area contributed by atoms with Gasteiger partial charge >= 0.3 is 0 Å². The zero-order valence-electron chi connectivity index (χ0n) is 30.0. The van der Waals surface area contributed by atoms with E-state index in [1.54, 1.807) is 0 Å². The highest BCUT2D eigenvalue weighted by molar-refractivity contribution is 6.23. The lowest BCUT2D eigenvalue weighted by Gasteiger charge is -2.11. The molecule has 0 saturated carbocycles. The number of furan rings is 1. The number of nitrogens with zero attached hydrogens (tertiary/aromatic N) is 2. The maximum absolute atomic E-state index is 7.03. The van der Waals surface area contributed by atoms with Gasteiger partial charge in [-0.3, -0.25) is 4.99 Å². The lowest BCUT2D eigenvalue weighted by molar-refractivity contribution is 0.670. The SMILES string of the molecule is NC(=NC(=NCc1ccc2ccccc2c1)c1ccc(-c2ccccc2)cc1)c1cccc2oc3c(-c4cc5ccccc5c5ccccc45)cccc3c12. The van der Waals surface area contributed by atoms with Crippen LogP contribution in [0, 0.1) is 0 Å². The Morgan fingerprint density at radius 2 is 1.16 bits per heavy atom. The molecule has 10 rings (SSSR count). The molecule has 2 N–H and O–H groups in total. The molecule has 0 aliphatic carbocycles. The molecule has 0 spiro atoms. The quantitative estimate of drug-likeness (QED) is 0.106. The van der Waals surface area contributed by atoms with E-state index in [1.165, 1.54) is 32.3 Å². The van der Waals surface area contributed by atoms with E-state index < -0.39 is 0 Å². The second-order valence-corrected chi connectivity index (χ2v) is 13.9. The molecule has 0 atom stereocenters. The van der Waals surface area contributed by atoms with Gasteiger partial charge in [-0.15, -0.1) is 0 Å². The standard InChI is InChI=1S/C51H35N3O/c52-50(54-51(37-28-26-36(27-29-37)34-12-2-1-3-13-34)53-32-33-24-25-35-14-4-5-15-38(35)30-33)45-22-11-23-47-48(45)44-21-10-20-43(49(44)55-47)46-31-39-16-6-7-17-40(39)41-18-8-9-19-42(41)46/h1-31H,32H2,(H2,52,53,54). The number of aliphatic imine (C=N–C) groups is 2. The van der Waals surface area contributed by atoms with Gasteiger partial charge in [0.2, 0.25) is 0 Å². The number of rotatable bonds is 6. The number of nitrogens with two attached hydrogens (primary N) is 1. The molecule has 4 heteroatoms. The van der Waals surface area contributed by atoms with Crippen LogP contribution in [0.15, 0.2) is 202 Å². The van der Waals surface area contributed by atoms with E-state index in [2.05, 4.69) is 164 Å². The maximum atomic E-state index is 7.03. The zero-order chi connectivity index (χ0) is 36.7. The summed E-state index contributed by atoms with van der Waals surface area (Å²) >= 11 is 0. The fourth-order valence-electron chi connectivity index (χ4n) is 7.86. The van der Waals surface area contributed by atoms with E-state index in [1.807, 2.05) is 24.3 Å². The Morgan fingerprint density at radius 1 is 0.491 bits per heavy atom. The Kier molecular flexibility index (Phi) is 8.00. The zero-order valence-corrected chi connectivity index (χ0v) is 30.0. The third-order valence-corrected chi connectivity index (χ3v) is 10.6. The molecule has 9 aromatic carbocycles. The first-order valence-electron chi connectivity index (χ1n) is 18.6. The predicted octanol–water partition coefficient (Wildman–Crippen LogP) is 12.7. The Balaban J connectivity index is 1.10. The third-order valence-electron chi connectivity index (χ3n) is 10.6. The topological polar surface area (TPSA) is 63.9 Å². The molecule has 55 heavy (non-hydrogen) atoms. The minimum Gasteiger partial charge on any atom is -0.455 e. The molecule has 0 bridgehead atoms. The van der Waals surface area contributed by atoms with Gasteiger partial charge in [0.25, 0.3) is 0 Å². The molecule has 0 amide bonds. The van der Waals surface area contributed by atoms with E-state index in [4.69, 9.17) is 20.1 Å². The van der Waals surface area contributed by atoms with Crippen molar-refractivity contribution < 1.29 is 4.42 Å². The van der Waals surface area contributed by atoms with Gasteiger partial charge in [0.1, 0.15) is 17.0 Å². The summed E-state index contributed by atoms with van der Waals surface area (Å²) in [5, 5.41) is 9.12. The van der Waals surface area contributed by atoms with Gasteiger partial charge in [0.15, 0.2) is 5.84 Å². The predicted molar refractivity (Wildman–Crippen MR) is 231 cm³/mol. The molecule has 1 aromatic heterocycles. The molecular formula is C51H35N3O. The summed E-state index contributed by atoms with van der Waals surface area (Å²) in [6.45, 7) is 0.458.